The Morgan fingerprint density at radius 2 is 1.47 bits per heavy atom. The molecule has 12 rings (SSSR count). The van der Waals surface area contributed by atoms with Gasteiger partial charge in [-0.25, -0.2) is 35.3 Å². The summed E-state index contributed by atoms with van der Waals surface area (Å²) in [4.78, 5) is 82.5. The number of piperazine rings is 2. The summed E-state index contributed by atoms with van der Waals surface area (Å²) in [7, 11) is -11.2. The zero-order valence-corrected chi connectivity index (χ0v) is 63.8. The second-order valence-electron chi connectivity index (χ2n) is 31.3. The number of anilines is 2. The number of sulfonamides is 1. The van der Waals surface area contributed by atoms with Crippen molar-refractivity contribution in [2.45, 2.75) is 182 Å². The first-order chi connectivity index (χ1) is 49.5. The maximum Gasteiger partial charge on any atom is 0.501 e. The van der Waals surface area contributed by atoms with Gasteiger partial charge in [-0.05, 0) is 154 Å². The lowest BCUT2D eigenvalue weighted by molar-refractivity contribution is -0.250. The van der Waals surface area contributed by atoms with Gasteiger partial charge in [0.2, 0.25) is 30.1 Å². The summed E-state index contributed by atoms with van der Waals surface area (Å²) in [6, 6.07) is 22.4. The molecule has 0 spiro atoms. The fourth-order valence-corrected chi connectivity index (χ4v) is 19.6. The molecule has 3 saturated heterocycles. The molecule has 20 nitrogen and oxygen atoms in total. The van der Waals surface area contributed by atoms with E-state index in [1.807, 2.05) is 73.2 Å². The number of rotatable bonds is 28. The van der Waals surface area contributed by atoms with Crippen LogP contribution in [0.3, 0.4) is 0 Å². The predicted molar refractivity (Wildman–Crippen MR) is 396 cm³/mol. The van der Waals surface area contributed by atoms with Crippen LogP contribution in [0.2, 0.25) is 0 Å². The molecule has 5 amide bonds. The first-order valence-corrected chi connectivity index (χ1v) is 41.0. The van der Waals surface area contributed by atoms with Crippen LogP contribution in [0.25, 0.3) is 10.4 Å². The topological polar surface area (TPSA) is 251 Å². The van der Waals surface area contributed by atoms with Crippen molar-refractivity contribution in [3.63, 3.8) is 0 Å². The molecule has 4 heterocycles. The van der Waals surface area contributed by atoms with E-state index in [0.717, 1.165) is 83.3 Å². The number of hydrogen-bond acceptors (Lipinski definition) is 17. The highest BCUT2D eigenvalue weighted by Gasteiger charge is 2.73. The smallest absolute Gasteiger partial charge is 0.391 e. The Kier molecular flexibility index (Phi) is 24.1. The van der Waals surface area contributed by atoms with Crippen LogP contribution in [-0.2, 0) is 39.0 Å². The number of carbonyl (C=O) groups is 5. The number of halogens is 5. The second kappa shape index (κ2) is 32.0. The zero-order valence-electron chi connectivity index (χ0n) is 60.6. The molecule has 5 atom stereocenters. The number of hydrogen-bond donors (Lipinski definition) is 5. The van der Waals surface area contributed by atoms with Crippen LogP contribution < -0.4 is 25.6 Å². The fraction of sp³-hybridized carbons (Fsp3) is 0.553. The Balaban J connectivity index is 0.651. The van der Waals surface area contributed by atoms with E-state index in [0.29, 0.717) is 84.0 Å². The molecular formula is C76H97F5N10O10S4. The molecule has 6 fully saturated rings. The number of aryl methyl sites for hydroxylation is 1. The molecule has 3 aliphatic heterocycles. The van der Waals surface area contributed by atoms with E-state index in [4.69, 9.17) is 0 Å². The van der Waals surface area contributed by atoms with Crippen LogP contribution in [0.15, 0.2) is 128 Å². The number of aromatic nitrogens is 1. The third-order valence-corrected chi connectivity index (χ3v) is 26.9. The van der Waals surface area contributed by atoms with Crippen LogP contribution in [0.4, 0.5) is 33.3 Å². The SMILES string of the molecule is Cc1ncsc1-c1ccc([C@H](C)NC(=O)[C@@H]2C[C@@H](O)CN2C(=O)C(NC(=O)CCCCC(=O)N2CCN(CCC(CSc3ccccc3)Nc3ccc(S(=O)(=O)NC(=O)c4ccc(N5CCN(CC6=C(C78CC(C(F)F)(C7)C8)CC(C)(C)CC6)CC5)cc4)cc3S(=O)(=O)C(F)(F)F)CC2)C(C)(C)C)cc1. The lowest BCUT2D eigenvalue weighted by atomic mass is 9.32. The molecule has 2 unspecified atom stereocenters. The summed E-state index contributed by atoms with van der Waals surface area (Å²) in [5.74, 6) is -2.29. The molecule has 570 valence electrons. The van der Waals surface area contributed by atoms with E-state index in [9.17, 15) is 67.9 Å². The molecular weight excluding hydrogens is 1440 g/mol. The van der Waals surface area contributed by atoms with E-state index in [1.54, 1.807) is 54.7 Å². The number of aliphatic hydroxyl groups excluding tert-OH is 1. The van der Waals surface area contributed by atoms with E-state index >= 15 is 0 Å². The molecule has 4 aromatic carbocycles. The summed E-state index contributed by atoms with van der Waals surface area (Å²) >= 11 is 2.92. The zero-order chi connectivity index (χ0) is 75.6. The van der Waals surface area contributed by atoms with E-state index in [-0.39, 0.29) is 60.3 Å². The second-order valence-corrected chi connectivity index (χ2v) is 36.9. The lowest BCUT2D eigenvalue weighted by Crippen LogP contribution is -2.66. The number of sulfone groups is 1. The van der Waals surface area contributed by atoms with Crippen molar-refractivity contribution in [1.82, 2.24) is 39.9 Å². The number of amides is 5. The van der Waals surface area contributed by atoms with Gasteiger partial charge in [0.1, 0.15) is 17.0 Å². The Bertz CT molecular complexity index is 4220. The minimum absolute atomic E-state index is 0.0204. The molecule has 7 aliphatic rings. The number of nitrogens with zero attached hydrogens (tertiary/aromatic N) is 6. The number of aliphatic hydroxyl groups is 1. The highest BCUT2D eigenvalue weighted by Crippen LogP contribution is 2.79. The normalized spacial score (nSPS) is 22.6. The average molecular weight is 1530 g/mol. The minimum Gasteiger partial charge on any atom is -0.391 e. The quantitative estimate of drug-likeness (QED) is 0.0135. The number of carbonyl (C=O) groups excluding carboxylic acids is 5. The Morgan fingerprint density at radius 1 is 0.810 bits per heavy atom. The predicted octanol–water partition coefficient (Wildman–Crippen LogP) is 11.6. The van der Waals surface area contributed by atoms with Gasteiger partial charge in [-0.15, -0.1) is 23.1 Å². The third kappa shape index (κ3) is 18.4. The van der Waals surface area contributed by atoms with Crippen LogP contribution in [0.5, 0.6) is 0 Å². The van der Waals surface area contributed by atoms with Crippen molar-refractivity contribution in [2.24, 2.45) is 21.7 Å². The Hall–Kier alpha value is -7.02. The Morgan fingerprint density at radius 3 is 2.10 bits per heavy atom. The van der Waals surface area contributed by atoms with Gasteiger partial charge in [-0.3, -0.25) is 33.8 Å². The van der Waals surface area contributed by atoms with Crippen molar-refractivity contribution >= 4 is 83.9 Å². The maximum atomic E-state index is 14.6. The van der Waals surface area contributed by atoms with Gasteiger partial charge in [-0.2, -0.15) is 13.2 Å². The number of alkyl halides is 5. The summed E-state index contributed by atoms with van der Waals surface area (Å²) in [6.45, 7) is 19.2. The number of likely N-dealkylation sites (tertiary alicyclic amines) is 1. The highest BCUT2D eigenvalue weighted by molar-refractivity contribution is 7.99. The summed E-state index contributed by atoms with van der Waals surface area (Å²) in [5, 5.41) is 19.7. The molecule has 105 heavy (non-hydrogen) atoms. The number of benzene rings is 4. The van der Waals surface area contributed by atoms with E-state index < -0.39 is 112 Å². The Labute approximate surface area is 621 Å². The molecule has 29 heteroatoms. The van der Waals surface area contributed by atoms with Gasteiger partial charge in [0.15, 0.2) is 0 Å². The number of unbranched alkanes of at least 4 members (excludes halogenated alkanes) is 1. The fourth-order valence-electron chi connectivity index (χ4n) is 15.8. The summed E-state index contributed by atoms with van der Waals surface area (Å²) < 4.78 is 128. The van der Waals surface area contributed by atoms with E-state index in [1.165, 1.54) is 39.9 Å². The summed E-state index contributed by atoms with van der Waals surface area (Å²) in [5.41, 5.74) is 0.203. The monoisotopic (exact) mass is 1530 g/mol. The molecule has 1 aromatic heterocycles. The van der Waals surface area contributed by atoms with E-state index in [2.05, 4.69) is 49.5 Å². The number of β-amino-alcohol motifs (C(OH)–C–C–N with tert-alkyl or cyclic N) is 1. The minimum atomic E-state index is -6.20. The first-order valence-electron chi connectivity index (χ1n) is 36.2. The lowest BCUT2D eigenvalue weighted by Gasteiger charge is -2.72. The molecule has 2 bridgehead atoms. The average Bonchev–Trinajstić information content (AvgIpc) is 0.765. The third-order valence-electron chi connectivity index (χ3n) is 21.9. The van der Waals surface area contributed by atoms with Gasteiger partial charge < -0.3 is 35.8 Å². The number of nitrogens with one attached hydrogen (secondary N) is 4. The van der Waals surface area contributed by atoms with Crippen LogP contribution in [0.1, 0.15) is 146 Å². The van der Waals surface area contributed by atoms with Gasteiger partial charge in [0.05, 0.1) is 38.8 Å². The maximum absolute atomic E-state index is 14.6. The number of thiazole rings is 1. The van der Waals surface area contributed by atoms with Crippen molar-refractivity contribution in [3.05, 3.63) is 131 Å². The molecule has 3 saturated carbocycles. The largest absolute Gasteiger partial charge is 0.501 e. The van der Waals surface area contributed by atoms with Crippen molar-refractivity contribution in [3.8, 4) is 10.4 Å². The number of thioether (sulfide) groups is 1. The van der Waals surface area contributed by atoms with Gasteiger partial charge in [0, 0.05) is 125 Å². The van der Waals surface area contributed by atoms with Crippen molar-refractivity contribution in [1.29, 1.82) is 0 Å². The van der Waals surface area contributed by atoms with Crippen LogP contribution in [-0.4, -0.2) is 190 Å². The van der Waals surface area contributed by atoms with Gasteiger partial charge in [0.25, 0.3) is 25.8 Å². The summed E-state index contributed by atoms with van der Waals surface area (Å²) in [6.07, 6.45) is 2.63. The molecule has 5 aromatic rings. The van der Waals surface area contributed by atoms with Crippen LogP contribution >= 0.6 is 23.1 Å². The molecule has 4 aliphatic carbocycles. The van der Waals surface area contributed by atoms with Crippen LogP contribution in [0, 0.1) is 28.6 Å². The first kappa shape index (κ1) is 79.0. The molecule has 5 N–H and O–H groups in total. The highest BCUT2D eigenvalue weighted by atomic mass is 32.2. The van der Waals surface area contributed by atoms with Crippen molar-refractivity contribution < 1.29 is 67.9 Å². The standard InChI is InChI=1S/C76H97F5N10O10S4/c1-49(51-17-19-52(20-18-51)66-50(2)82-48-103-66)83-69(96)62-39-57(92)43-91(62)70(97)67(72(3,4)5)85-64(93)15-11-12-16-65(94)90-37-31-87(32-38-90)30-28-55(44-102-58-13-9-8-10-14-58)84-61-26-25-59(40-63(61)104(98,99)76(79,80)81)105(100,101)86-68(95)53-21-23-56(24-22-53)89-35-33-88(34-36-89)42-54-27-29-73(6,7)41-60(54)74-45-75(46-74,47-74)71(77)78/h8-10,13-14,17-26,40,48-49,55,57,62,67,71,84,92H,11-12,15-16,27-39,41-47H2,1-7H3,(H,83,96)(H,85,93)(H,86,95)/t49-,55?,57+,62-,67?,74?,75?/m0/s1. The van der Waals surface area contributed by atoms with Crippen molar-refractivity contribution in [2.75, 3.05) is 88.0 Å². The van der Waals surface area contributed by atoms with Gasteiger partial charge >= 0.3 is 5.51 Å². The molecule has 0 radical (unpaired) electrons. The number of allylic oxidation sites excluding steroid dienone is 1. The van der Waals surface area contributed by atoms with Gasteiger partial charge in [-0.1, -0.05) is 88.2 Å².